The number of benzene rings is 1. The Morgan fingerprint density at radius 1 is 1.36 bits per heavy atom. The maximum atomic E-state index is 12.3. The van der Waals surface area contributed by atoms with E-state index in [1.54, 1.807) is 0 Å². The number of carbonyl (C=O) groups is 1. The second-order valence-corrected chi connectivity index (χ2v) is 2.11. The average molecular weight is 199 g/mol. The number of esters is 1. The lowest BCUT2D eigenvalue weighted by Crippen LogP contribution is -2.00. The molecule has 0 aliphatic rings. The monoisotopic (exact) mass is 199 g/mol. The first kappa shape index (κ1) is 12.6. The van der Waals surface area contributed by atoms with E-state index < -0.39 is 5.97 Å². The molecule has 1 rings (SSSR count). The quantitative estimate of drug-likeness (QED) is 0.497. The normalized spacial score (nSPS) is 8.29. The van der Waals surface area contributed by atoms with Crippen LogP contribution in [0.2, 0.25) is 0 Å². The minimum Gasteiger partial charge on any atom is -0.465 e. The second kappa shape index (κ2) is 7.05. The van der Waals surface area contributed by atoms with Crippen molar-refractivity contribution >= 4 is 13.7 Å². The van der Waals surface area contributed by atoms with Gasteiger partial charge in [0.25, 0.3) is 0 Å². The van der Waals surface area contributed by atoms with Gasteiger partial charge in [-0.1, -0.05) is 0 Å². The van der Waals surface area contributed by atoms with Gasteiger partial charge in [-0.15, -0.1) is 0 Å². The molecule has 0 aliphatic heterocycles. The van der Waals surface area contributed by atoms with E-state index in [9.17, 15) is 9.18 Å². The number of hydrogen-bond acceptors (Lipinski definition) is 4. The van der Waals surface area contributed by atoms with Crippen LogP contribution in [0.15, 0.2) is 24.3 Å². The molecule has 1 aromatic carbocycles. The van der Waals surface area contributed by atoms with Gasteiger partial charge < -0.3 is 14.8 Å². The number of ether oxygens (including phenoxy) is 1. The Morgan fingerprint density at radius 3 is 2.14 bits per heavy atom. The zero-order chi connectivity index (χ0) is 11.0. The van der Waals surface area contributed by atoms with Crippen LogP contribution in [0.4, 0.5) is 4.39 Å². The Morgan fingerprint density at radius 2 is 1.79 bits per heavy atom. The summed E-state index contributed by atoms with van der Waals surface area (Å²) < 4.78 is 16.7. The topological polar surface area (TPSA) is 66.8 Å². The Labute approximate surface area is 81.3 Å². The molecule has 1 aromatic rings. The molecule has 75 valence electrons. The van der Waals surface area contributed by atoms with Crippen LogP contribution < -0.4 is 0 Å². The molecule has 0 amide bonds. The van der Waals surface area contributed by atoms with E-state index in [0.717, 1.165) is 0 Å². The van der Waals surface area contributed by atoms with Crippen LogP contribution in [0.25, 0.3) is 0 Å². The molecule has 0 spiro atoms. The fraction of sp³-hybridized carbons (Fsp3) is 0.125. The second-order valence-electron chi connectivity index (χ2n) is 2.11. The van der Waals surface area contributed by atoms with Gasteiger partial charge in [-0.05, 0) is 24.3 Å². The van der Waals surface area contributed by atoms with Crippen LogP contribution in [0.5, 0.6) is 0 Å². The van der Waals surface area contributed by atoms with Gasteiger partial charge >= 0.3 is 13.7 Å². The predicted molar refractivity (Wildman–Crippen MR) is 47.9 cm³/mol. The molecule has 1 radical (unpaired) electrons. The van der Waals surface area contributed by atoms with Crippen molar-refractivity contribution in [2.45, 2.75) is 0 Å². The van der Waals surface area contributed by atoms with Gasteiger partial charge in [-0.2, -0.15) is 0 Å². The maximum absolute atomic E-state index is 12.3. The highest BCUT2D eigenvalue weighted by molar-refractivity contribution is 6.13. The van der Waals surface area contributed by atoms with E-state index in [-0.39, 0.29) is 13.5 Å². The fourth-order valence-electron chi connectivity index (χ4n) is 0.704. The van der Waals surface area contributed by atoms with Crippen molar-refractivity contribution in [1.82, 2.24) is 0 Å². The first-order valence-electron chi connectivity index (χ1n) is 3.59. The van der Waals surface area contributed by atoms with E-state index >= 15 is 0 Å². The molecule has 0 bridgehead atoms. The van der Waals surface area contributed by atoms with E-state index in [2.05, 4.69) is 4.74 Å². The summed E-state index contributed by atoms with van der Waals surface area (Å²) in [6, 6.07) is 5.18. The molecule has 4 nitrogen and oxygen atoms in total. The zero-order valence-corrected chi connectivity index (χ0v) is 7.48. The average Bonchev–Trinajstić information content (AvgIpc) is 2.19. The molecule has 14 heavy (non-hydrogen) atoms. The van der Waals surface area contributed by atoms with Crippen molar-refractivity contribution in [2.75, 3.05) is 7.11 Å². The molecule has 0 fully saturated rings. The van der Waals surface area contributed by atoms with Gasteiger partial charge in [-0.3, -0.25) is 0 Å². The number of methoxy groups -OCH3 is 1. The summed E-state index contributed by atoms with van der Waals surface area (Å²) in [5.41, 5.74) is 0.355. The van der Waals surface area contributed by atoms with Crippen molar-refractivity contribution in [2.24, 2.45) is 0 Å². The minimum atomic E-state index is -0.454. The first-order valence-corrected chi connectivity index (χ1v) is 3.59. The first-order chi connectivity index (χ1) is 6.65. The van der Waals surface area contributed by atoms with Crippen molar-refractivity contribution in [3.63, 3.8) is 0 Å². The molecule has 0 aromatic heterocycles. The van der Waals surface area contributed by atoms with Crippen LogP contribution >= 0.6 is 0 Å². The standard InChI is InChI=1S/C8H7FO2.BH2O2/c1-11-8(10)6-2-4-7(9)5-3-6;2-1-3/h2-5H,1H3;2-3H. The van der Waals surface area contributed by atoms with Crippen LogP contribution in [-0.4, -0.2) is 30.8 Å². The van der Waals surface area contributed by atoms with Crippen LogP contribution in [-0.2, 0) is 4.74 Å². The number of rotatable bonds is 1. The van der Waals surface area contributed by atoms with Gasteiger partial charge in [0.05, 0.1) is 12.7 Å². The van der Waals surface area contributed by atoms with Crippen LogP contribution in [0, 0.1) is 5.82 Å². The van der Waals surface area contributed by atoms with E-state index in [1.165, 1.54) is 31.4 Å². The highest BCUT2D eigenvalue weighted by Gasteiger charge is 2.02. The molecule has 2 N–H and O–H groups in total. The third-order valence-corrected chi connectivity index (χ3v) is 1.27. The Balaban J connectivity index is 0.000000500. The summed E-state index contributed by atoms with van der Waals surface area (Å²) in [5, 5.41) is 14.0. The smallest absolute Gasteiger partial charge is 0.465 e. The van der Waals surface area contributed by atoms with Crippen LogP contribution in [0.3, 0.4) is 0 Å². The minimum absolute atomic E-state index is 0. The summed E-state index contributed by atoms with van der Waals surface area (Å²) in [6.45, 7) is 0. The largest absolute Gasteiger partial charge is 0.482 e. The summed E-state index contributed by atoms with van der Waals surface area (Å²) in [6.07, 6.45) is 0. The van der Waals surface area contributed by atoms with E-state index in [0.29, 0.717) is 5.56 Å². The van der Waals surface area contributed by atoms with E-state index in [4.69, 9.17) is 10.0 Å². The molecule has 0 atom stereocenters. The van der Waals surface area contributed by atoms with Crippen molar-refractivity contribution in [3.05, 3.63) is 35.6 Å². The predicted octanol–water partition coefficient (Wildman–Crippen LogP) is 0.117. The Hall–Kier alpha value is -1.40. The number of halogens is 1. The Bertz CT molecular complexity index is 275. The van der Waals surface area contributed by atoms with Gasteiger partial charge in [0.15, 0.2) is 0 Å². The van der Waals surface area contributed by atoms with Crippen molar-refractivity contribution < 1.29 is 24.0 Å². The third kappa shape index (κ3) is 4.59. The summed E-state index contributed by atoms with van der Waals surface area (Å²) in [7, 11) is 1.28. The molecule has 0 saturated carbocycles. The molecular formula is C8H9BFO4. The maximum Gasteiger partial charge on any atom is 0.482 e. The van der Waals surface area contributed by atoms with Crippen molar-refractivity contribution in [1.29, 1.82) is 0 Å². The van der Waals surface area contributed by atoms with Gasteiger partial charge in [0.1, 0.15) is 5.82 Å². The molecular weight excluding hydrogens is 190 g/mol. The molecule has 0 heterocycles. The van der Waals surface area contributed by atoms with E-state index in [1.807, 2.05) is 0 Å². The molecule has 6 heteroatoms. The molecule has 0 unspecified atom stereocenters. The van der Waals surface area contributed by atoms with Gasteiger partial charge in [-0.25, -0.2) is 9.18 Å². The summed E-state index contributed by atoms with van der Waals surface area (Å²) in [4.78, 5) is 10.8. The highest BCUT2D eigenvalue weighted by Crippen LogP contribution is 2.03. The van der Waals surface area contributed by atoms with Gasteiger partial charge in [0, 0.05) is 0 Å². The van der Waals surface area contributed by atoms with Crippen LogP contribution in [0.1, 0.15) is 10.4 Å². The Kier molecular flexibility index (Phi) is 6.35. The number of carbonyl (C=O) groups excluding carboxylic acids is 1. The zero-order valence-electron chi connectivity index (χ0n) is 7.48. The number of hydrogen-bond donors (Lipinski definition) is 2. The highest BCUT2D eigenvalue weighted by atomic mass is 19.1. The summed E-state index contributed by atoms with van der Waals surface area (Å²) in [5.74, 6) is -0.817. The lowest BCUT2D eigenvalue weighted by molar-refractivity contribution is 0.0600. The van der Waals surface area contributed by atoms with Crippen molar-refractivity contribution in [3.8, 4) is 0 Å². The fourth-order valence-corrected chi connectivity index (χ4v) is 0.704. The molecule has 0 aliphatic carbocycles. The molecule has 0 saturated heterocycles. The lowest BCUT2D eigenvalue weighted by atomic mass is 10.2. The third-order valence-electron chi connectivity index (χ3n) is 1.27. The summed E-state index contributed by atoms with van der Waals surface area (Å²) >= 11 is 0. The SMILES string of the molecule is COC(=O)c1ccc(F)cc1.O[B]O. The lowest BCUT2D eigenvalue weighted by Gasteiger charge is -1.96. The van der Waals surface area contributed by atoms with Gasteiger partial charge in [0.2, 0.25) is 0 Å².